The summed E-state index contributed by atoms with van der Waals surface area (Å²) < 4.78 is 0. The molecule has 0 radical (unpaired) electrons. The van der Waals surface area contributed by atoms with Gasteiger partial charge >= 0.3 is 0 Å². The lowest BCUT2D eigenvalue weighted by Gasteiger charge is -2.03. The molecule has 1 aromatic heterocycles. The third kappa shape index (κ3) is 2.01. The molecule has 0 atom stereocenters. The van der Waals surface area contributed by atoms with Crippen LogP contribution in [0.3, 0.4) is 0 Å². The molecule has 2 aromatic rings. The first-order valence-electron chi connectivity index (χ1n) is 5.21. The van der Waals surface area contributed by atoms with Crippen molar-refractivity contribution in [3.8, 4) is 0 Å². The van der Waals surface area contributed by atoms with Gasteiger partial charge in [-0.3, -0.25) is 9.78 Å². The number of carbonyl (C=O) groups excluding carboxylic acids is 1. The molecule has 0 saturated carbocycles. The van der Waals surface area contributed by atoms with Crippen molar-refractivity contribution in [3.63, 3.8) is 0 Å². The Balaban J connectivity index is 2.40. The maximum Gasteiger partial charge on any atom is 0.194 e. The predicted octanol–water partition coefficient (Wildman–Crippen LogP) is 2.93. The number of rotatable bonds is 2. The van der Waals surface area contributed by atoms with Crippen LogP contribution < -0.4 is 0 Å². The fourth-order valence-electron chi connectivity index (χ4n) is 1.58. The minimum atomic E-state index is 0.0330. The zero-order valence-electron chi connectivity index (χ0n) is 9.40. The van der Waals surface area contributed by atoms with E-state index < -0.39 is 0 Å². The van der Waals surface area contributed by atoms with Crippen LogP contribution in [0.25, 0.3) is 0 Å². The van der Waals surface area contributed by atoms with Crippen molar-refractivity contribution in [2.75, 3.05) is 0 Å². The molecule has 0 aliphatic rings. The molecule has 0 N–H and O–H groups in total. The van der Waals surface area contributed by atoms with Gasteiger partial charge in [-0.2, -0.15) is 0 Å². The standard InChI is InChI=1S/C14H13NO/c1-10-5-7-12(8-6-10)14(16)13-4-3-9-15-11(13)2/h3-9H,1-2H3. The second-order valence-corrected chi connectivity index (χ2v) is 3.83. The average Bonchev–Trinajstić information content (AvgIpc) is 2.30. The van der Waals surface area contributed by atoms with Crippen molar-refractivity contribution < 1.29 is 4.79 Å². The van der Waals surface area contributed by atoms with E-state index in [-0.39, 0.29) is 5.78 Å². The summed E-state index contributed by atoms with van der Waals surface area (Å²) in [6.45, 7) is 3.85. The lowest BCUT2D eigenvalue weighted by atomic mass is 10.0. The van der Waals surface area contributed by atoms with Crippen LogP contribution in [-0.4, -0.2) is 10.8 Å². The molecular formula is C14H13NO. The predicted molar refractivity (Wildman–Crippen MR) is 63.6 cm³/mol. The van der Waals surface area contributed by atoms with Gasteiger partial charge in [0.1, 0.15) is 0 Å². The minimum absolute atomic E-state index is 0.0330. The Bertz CT molecular complexity index is 515. The topological polar surface area (TPSA) is 30.0 Å². The lowest BCUT2D eigenvalue weighted by Crippen LogP contribution is -2.04. The van der Waals surface area contributed by atoms with Gasteiger partial charge in [0, 0.05) is 23.0 Å². The van der Waals surface area contributed by atoms with Gasteiger partial charge in [-0.25, -0.2) is 0 Å². The van der Waals surface area contributed by atoms with Crippen LogP contribution in [0.5, 0.6) is 0 Å². The fourth-order valence-corrected chi connectivity index (χ4v) is 1.58. The van der Waals surface area contributed by atoms with Crippen molar-refractivity contribution in [1.82, 2.24) is 4.98 Å². The third-order valence-corrected chi connectivity index (χ3v) is 2.57. The Morgan fingerprint density at radius 1 is 1.06 bits per heavy atom. The first-order valence-corrected chi connectivity index (χ1v) is 5.21. The summed E-state index contributed by atoms with van der Waals surface area (Å²) in [4.78, 5) is 16.3. The van der Waals surface area contributed by atoms with Crippen molar-refractivity contribution in [1.29, 1.82) is 0 Å². The highest BCUT2D eigenvalue weighted by Gasteiger charge is 2.11. The highest BCUT2D eigenvalue weighted by atomic mass is 16.1. The van der Waals surface area contributed by atoms with E-state index in [0.717, 1.165) is 11.3 Å². The van der Waals surface area contributed by atoms with Gasteiger partial charge in [-0.15, -0.1) is 0 Å². The number of pyridine rings is 1. The van der Waals surface area contributed by atoms with Gasteiger partial charge < -0.3 is 0 Å². The summed E-state index contributed by atoms with van der Waals surface area (Å²) in [5, 5.41) is 0. The van der Waals surface area contributed by atoms with Gasteiger partial charge in [0.15, 0.2) is 5.78 Å². The van der Waals surface area contributed by atoms with Crippen LogP contribution in [0.2, 0.25) is 0 Å². The Kier molecular flexibility index (Phi) is 2.82. The Labute approximate surface area is 95.0 Å². The van der Waals surface area contributed by atoms with Crippen LogP contribution in [0.4, 0.5) is 0 Å². The number of ketones is 1. The van der Waals surface area contributed by atoms with E-state index in [1.807, 2.05) is 44.2 Å². The zero-order valence-corrected chi connectivity index (χ0v) is 9.40. The first kappa shape index (κ1) is 10.6. The average molecular weight is 211 g/mol. The number of carbonyl (C=O) groups is 1. The molecule has 0 aliphatic heterocycles. The Morgan fingerprint density at radius 3 is 2.38 bits per heavy atom. The van der Waals surface area contributed by atoms with Crippen molar-refractivity contribution in [2.24, 2.45) is 0 Å². The number of nitrogens with zero attached hydrogens (tertiary/aromatic N) is 1. The molecule has 0 fully saturated rings. The molecule has 2 heteroatoms. The lowest BCUT2D eigenvalue weighted by molar-refractivity contribution is 0.103. The second-order valence-electron chi connectivity index (χ2n) is 3.83. The van der Waals surface area contributed by atoms with Gasteiger partial charge in [0.25, 0.3) is 0 Å². The highest BCUT2D eigenvalue weighted by molar-refractivity contribution is 6.09. The van der Waals surface area contributed by atoms with Crippen molar-refractivity contribution in [2.45, 2.75) is 13.8 Å². The molecule has 1 heterocycles. The SMILES string of the molecule is Cc1ccc(C(=O)c2cccnc2C)cc1. The molecule has 16 heavy (non-hydrogen) atoms. The maximum atomic E-state index is 12.1. The van der Waals surface area contributed by atoms with E-state index in [4.69, 9.17) is 0 Å². The molecule has 0 saturated heterocycles. The molecule has 0 unspecified atom stereocenters. The number of benzene rings is 1. The van der Waals surface area contributed by atoms with Crippen LogP contribution in [0.1, 0.15) is 27.2 Å². The fraction of sp³-hybridized carbons (Fsp3) is 0.143. The third-order valence-electron chi connectivity index (χ3n) is 2.57. The van der Waals surface area contributed by atoms with Crippen LogP contribution in [0, 0.1) is 13.8 Å². The first-order chi connectivity index (χ1) is 7.68. The molecule has 0 aliphatic carbocycles. The van der Waals surface area contributed by atoms with Crippen molar-refractivity contribution in [3.05, 3.63) is 65.0 Å². The number of hydrogen-bond acceptors (Lipinski definition) is 2. The Morgan fingerprint density at radius 2 is 1.75 bits per heavy atom. The van der Waals surface area contributed by atoms with E-state index in [1.54, 1.807) is 12.3 Å². The van der Waals surface area contributed by atoms with E-state index in [2.05, 4.69) is 4.98 Å². The summed E-state index contributed by atoms with van der Waals surface area (Å²) in [5.41, 5.74) is 3.31. The van der Waals surface area contributed by atoms with Gasteiger partial charge in [-0.05, 0) is 26.0 Å². The van der Waals surface area contributed by atoms with Gasteiger partial charge in [0.2, 0.25) is 0 Å². The van der Waals surface area contributed by atoms with Gasteiger partial charge in [0.05, 0.1) is 0 Å². The summed E-state index contributed by atoms with van der Waals surface area (Å²) in [5.74, 6) is 0.0330. The molecule has 0 amide bonds. The largest absolute Gasteiger partial charge is 0.289 e. The van der Waals surface area contributed by atoms with E-state index in [1.165, 1.54) is 0 Å². The molecule has 0 spiro atoms. The zero-order chi connectivity index (χ0) is 11.5. The molecule has 2 nitrogen and oxygen atoms in total. The van der Waals surface area contributed by atoms with E-state index >= 15 is 0 Å². The quantitative estimate of drug-likeness (QED) is 0.715. The van der Waals surface area contributed by atoms with E-state index in [0.29, 0.717) is 11.1 Å². The number of aryl methyl sites for hydroxylation is 2. The monoisotopic (exact) mass is 211 g/mol. The smallest absolute Gasteiger partial charge is 0.194 e. The van der Waals surface area contributed by atoms with Gasteiger partial charge in [-0.1, -0.05) is 29.8 Å². The normalized spacial score (nSPS) is 10.1. The molecule has 2 rings (SSSR count). The van der Waals surface area contributed by atoms with Crippen LogP contribution in [-0.2, 0) is 0 Å². The summed E-state index contributed by atoms with van der Waals surface area (Å²) in [6.07, 6.45) is 1.70. The molecular weight excluding hydrogens is 198 g/mol. The van der Waals surface area contributed by atoms with E-state index in [9.17, 15) is 4.79 Å². The summed E-state index contributed by atoms with van der Waals surface area (Å²) in [6, 6.07) is 11.2. The molecule has 0 bridgehead atoms. The highest BCUT2D eigenvalue weighted by Crippen LogP contribution is 2.12. The molecule has 80 valence electrons. The second kappa shape index (κ2) is 4.27. The van der Waals surface area contributed by atoms with Crippen LogP contribution in [0.15, 0.2) is 42.6 Å². The summed E-state index contributed by atoms with van der Waals surface area (Å²) >= 11 is 0. The Hall–Kier alpha value is -1.96. The maximum absolute atomic E-state index is 12.1. The van der Waals surface area contributed by atoms with Crippen LogP contribution >= 0.6 is 0 Å². The molecule has 1 aromatic carbocycles. The van der Waals surface area contributed by atoms with Crippen molar-refractivity contribution >= 4 is 5.78 Å². The number of hydrogen-bond donors (Lipinski definition) is 0. The minimum Gasteiger partial charge on any atom is -0.289 e. The number of aromatic nitrogens is 1. The summed E-state index contributed by atoms with van der Waals surface area (Å²) in [7, 11) is 0.